The van der Waals surface area contributed by atoms with E-state index in [1.165, 1.54) is 0 Å². The predicted molar refractivity (Wildman–Crippen MR) is 107 cm³/mol. The Labute approximate surface area is 153 Å². The molecule has 0 bridgehead atoms. The van der Waals surface area contributed by atoms with Crippen LogP contribution >= 0.6 is 0 Å². The standard InChI is InChI=1S/C25H15N/c1-3-7-20(8-4-1)11-12-22-14-16-25-24(19-22)23(17-18-26-25)15-13-21-9-5-2-6-10-21/h1-10,14,16-19H. The molecule has 0 aliphatic heterocycles. The third kappa shape index (κ3) is 3.64. The van der Waals surface area contributed by atoms with Crippen molar-refractivity contribution < 1.29 is 0 Å². The second kappa shape index (κ2) is 7.39. The van der Waals surface area contributed by atoms with Gasteiger partial charge >= 0.3 is 0 Å². The summed E-state index contributed by atoms with van der Waals surface area (Å²) in [6.07, 6.45) is 1.80. The van der Waals surface area contributed by atoms with Gasteiger partial charge in [-0.1, -0.05) is 60.1 Å². The highest BCUT2D eigenvalue weighted by molar-refractivity contribution is 5.86. The van der Waals surface area contributed by atoms with Gasteiger partial charge in [-0.25, -0.2) is 0 Å². The molecule has 1 nitrogen and oxygen atoms in total. The highest BCUT2D eigenvalue weighted by Crippen LogP contribution is 2.18. The maximum absolute atomic E-state index is 4.44. The zero-order chi connectivity index (χ0) is 17.6. The Bertz CT molecular complexity index is 1170. The topological polar surface area (TPSA) is 12.9 Å². The van der Waals surface area contributed by atoms with E-state index in [-0.39, 0.29) is 0 Å². The molecule has 0 saturated carbocycles. The minimum Gasteiger partial charge on any atom is -0.256 e. The third-order valence-electron chi connectivity index (χ3n) is 3.98. The Balaban J connectivity index is 1.74. The van der Waals surface area contributed by atoms with E-state index in [9.17, 15) is 0 Å². The first-order valence-corrected chi connectivity index (χ1v) is 8.41. The average Bonchev–Trinajstić information content (AvgIpc) is 2.72. The molecule has 0 unspecified atom stereocenters. The fourth-order valence-electron chi connectivity index (χ4n) is 2.66. The molecule has 3 aromatic carbocycles. The van der Waals surface area contributed by atoms with Crippen LogP contribution in [-0.4, -0.2) is 4.98 Å². The fourth-order valence-corrected chi connectivity index (χ4v) is 2.66. The lowest BCUT2D eigenvalue weighted by molar-refractivity contribution is 1.40. The molecule has 26 heavy (non-hydrogen) atoms. The zero-order valence-electron chi connectivity index (χ0n) is 14.1. The molecule has 120 valence electrons. The Morgan fingerprint density at radius 3 is 1.85 bits per heavy atom. The van der Waals surface area contributed by atoms with Gasteiger partial charge in [0.1, 0.15) is 0 Å². The summed E-state index contributed by atoms with van der Waals surface area (Å²) in [7, 11) is 0. The Morgan fingerprint density at radius 2 is 1.15 bits per heavy atom. The van der Waals surface area contributed by atoms with E-state index < -0.39 is 0 Å². The Hall–Kier alpha value is -3.81. The summed E-state index contributed by atoms with van der Waals surface area (Å²) in [5, 5.41) is 1.02. The molecule has 0 radical (unpaired) electrons. The summed E-state index contributed by atoms with van der Waals surface area (Å²) < 4.78 is 0. The lowest BCUT2D eigenvalue weighted by Gasteiger charge is -2.01. The van der Waals surface area contributed by atoms with Gasteiger partial charge in [0.2, 0.25) is 0 Å². The number of pyridine rings is 1. The second-order valence-electron chi connectivity index (χ2n) is 5.82. The van der Waals surface area contributed by atoms with E-state index in [4.69, 9.17) is 0 Å². The summed E-state index contributed by atoms with van der Waals surface area (Å²) in [4.78, 5) is 4.44. The number of hydrogen-bond donors (Lipinski definition) is 0. The molecule has 0 fully saturated rings. The number of nitrogens with zero attached hydrogens (tertiary/aromatic N) is 1. The van der Waals surface area contributed by atoms with Crippen LogP contribution in [0.2, 0.25) is 0 Å². The minimum atomic E-state index is 0.926. The number of aromatic nitrogens is 1. The van der Waals surface area contributed by atoms with Gasteiger partial charge in [-0.15, -0.1) is 0 Å². The first-order chi connectivity index (χ1) is 12.9. The van der Waals surface area contributed by atoms with Crippen LogP contribution in [0.5, 0.6) is 0 Å². The summed E-state index contributed by atoms with van der Waals surface area (Å²) in [5.41, 5.74) is 4.84. The van der Waals surface area contributed by atoms with Crippen LogP contribution in [0, 0.1) is 23.7 Å². The molecular weight excluding hydrogens is 314 g/mol. The normalized spacial score (nSPS) is 9.69. The molecular formula is C25H15N. The van der Waals surface area contributed by atoms with Crippen molar-refractivity contribution in [3.8, 4) is 23.7 Å². The van der Waals surface area contributed by atoms with Gasteiger partial charge in [-0.2, -0.15) is 0 Å². The van der Waals surface area contributed by atoms with Crippen LogP contribution in [0.25, 0.3) is 10.9 Å². The molecule has 0 N–H and O–H groups in total. The molecule has 1 aromatic heterocycles. The second-order valence-corrected chi connectivity index (χ2v) is 5.82. The maximum atomic E-state index is 4.44. The molecule has 0 spiro atoms. The minimum absolute atomic E-state index is 0.926. The molecule has 0 aliphatic carbocycles. The van der Waals surface area contributed by atoms with E-state index in [0.717, 1.165) is 33.2 Å². The monoisotopic (exact) mass is 329 g/mol. The van der Waals surface area contributed by atoms with Crippen molar-refractivity contribution in [1.82, 2.24) is 4.98 Å². The molecule has 4 rings (SSSR count). The average molecular weight is 329 g/mol. The summed E-state index contributed by atoms with van der Waals surface area (Å²) in [6.45, 7) is 0. The Kier molecular flexibility index (Phi) is 4.46. The molecule has 1 heteroatoms. The van der Waals surface area contributed by atoms with E-state index in [0.29, 0.717) is 0 Å². The van der Waals surface area contributed by atoms with Crippen molar-refractivity contribution in [3.63, 3.8) is 0 Å². The number of hydrogen-bond acceptors (Lipinski definition) is 1. The van der Waals surface area contributed by atoms with Crippen molar-refractivity contribution >= 4 is 10.9 Å². The smallest absolute Gasteiger partial charge is 0.0715 e. The SMILES string of the molecule is C(#Cc1ccc2nccc(C#Cc3ccccc3)c2c1)c1ccccc1. The van der Waals surface area contributed by atoms with Crippen molar-refractivity contribution in [3.05, 3.63) is 113 Å². The van der Waals surface area contributed by atoms with Gasteiger partial charge < -0.3 is 0 Å². The molecule has 0 amide bonds. The lowest BCUT2D eigenvalue weighted by Crippen LogP contribution is -1.86. The summed E-state index contributed by atoms with van der Waals surface area (Å²) in [6, 6.07) is 28.0. The first-order valence-electron chi connectivity index (χ1n) is 8.41. The van der Waals surface area contributed by atoms with Crippen molar-refractivity contribution in [2.24, 2.45) is 0 Å². The predicted octanol–water partition coefficient (Wildman–Crippen LogP) is 5.03. The van der Waals surface area contributed by atoms with Gasteiger partial charge in [-0.05, 0) is 48.5 Å². The lowest BCUT2D eigenvalue weighted by atomic mass is 10.1. The van der Waals surface area contributed by atoms with Crippen molar-refractivity contribution in [2.75, 3.05) is 0 Å². The zero-order valence-corrected chi connectivity index (χ0v) is 14.1. The van der Waals surface area contributed by atoms with Crippen LogP contribution in [0.1, 0.15) is 22.3 Å². The summed E-state index contributed by atoms with van der Waals surface area (Å²) >= 11 is 0. The van der Waals surface area contributed by atoms with Crippen molar-refractivity contribution in [1.29, 1.82) is 0 Å². The van der Waals surface area contributed by atoms with Crippen LogP contribution < -0.4 is 0 Å². The van der Waals surface area contributed by atoms with Gasteiger partial charge in [-0.3, -0.25) is 4.98 Å². The molecule has 1 heterocycles. The molecule has 0 atom stereocenters. The van der Waals surface area contributed by atoms with Crippen molar-refractivity contribution in [2.45, 2.75) is 0 Å². The van der Waals surface area contributed by atoms with Gasteiger partial charge in [0.05, 0.1) is 5.52 Å². The van der Waals surface area contributed by atoms with Gasteiger partial charge in [0.15, 0.2) is 0 Å². The largest absolute Gasteiger partial charge is 0.256 e. The fraction of sp³-hybridized carbons (Fsp3) is 0. The number of rotatable bonds is 0. The number of fused-ring (bicyclic) bond motifs is 1. The third-order valence-corrected chi connectivity index (χ3v) is 3.98. The Morgan fingerprint density at radius 1 is 0.538 bits per heavy atom. The van der Waals surface area contributed by atoms with Crippen LogP contribution in [-0.2, 0) is 0 Å². The van der Waals surface area contributed by atoms with Crippen LogP contribution in [0.15, 0.2) is 91.1 Å². The van der Waals surface area contributed by atoms with E-state index >= 15 is 0 Å². The quantitative estimate of drug-likeness (QED) is 0.412. The molecule has 4 aromatic rings. The summed E-state index contributed by atoms with van der Waals surface area (Å²) in [5.74, 6) is 12.9. The number of benzene rings is 3. The molecule has 0 saturated heterocycles. The van der Waals surface area contributed by atoms with E-state index in [2.05, 4.69) is 34.7 Å². The van der Waals surface area contributed by atoms with Gasteiger partial charge in [0.25, 0.3) is 0 Å². The van der Waals surface area contributed by atoms with Gasteiger partial charge in [0, 0.05) is 33.8 Å². The van der Waals surface area contributed by atoms with Crippen LogP contribution in [0.3, 0.4) is 0 Å². The van der Waals surface area contributed by atoms with E-state index in [1.54, 1.807) is 6.20 Å². The highest BCUT2D eigenvalue weighted by atomic mass is 14.6. The molecule has 0 aliphatic rings. The maximum Gasteiger partial charge on any atom is 0.0715 e. The first kappa shape index (κ1) is 15.7. The highest BCUT2D eigenvalue weighted by Gasteiger charge is 2.01. The van der Waals surface area contributed by atoms with E-state index in [1.807, 2.05) is 78.9 Å². The van der Waals surface area contributed by atoms with Crippen LogP contribution in [0.4, 0.5) is 0 Å².